The lowest BCUT2D eigenvalue weighted by atomic mass is 9.97. The van der Waals surface area contributed by atoms with Crippen molar-refractivity contribution in [3.8, 4) is 0 Å². The van der Waals surface area contributed by atoms with Crippen molar-refractivity contribution >= 4 is 33.4 Å². The van der Waals surface area contributed by atoms with E-state index >= 15 is 0 Å². The number of sulfonamides is 1. The molecule has 0 radical (unpaired) electrons. The quantitative estimate of drug-likeness (QED) is 0.547. The molecule has 0 aromatic heterocycles. The Morgan fingerprint density at radius 1 is 1.11 bits per heavy atom. The molecule has 0 unspecified atom stereocenters. The van der Waals surface area contributed by atoms with Crippen LogP contribution in [0.25, 0.3) is 0 Å². The first-order valence-corrected chi connectivity index (χ1v) is 11.6. The van der Waals surface area contributed by atoms with Gasteiger partial charge in [-0.2, -0.15) is 4.31 Å². The van der Waals surface area contributed by atoms with Crippen LogP contribution >= 0.6 is 11.8 Å². The van der Waals surface area contributed by atoms with Gasteiger partial charge in [0, 0.05) is 29.7 Å². The number of piperidine rings is 1. The summed E-state index contributed by atoms with van der Waals surface area (Å²) in [6.07, 6.45) is 2.85. The number of para-hydroxylation sites is 1. The van der Waals surface area contributed by atoms with Gasteiger partial charge in [-0.1, -0.05) is 36.4 Å². The predicted molar refractivity (Wildman–Crippen MR) is 114 cm³/mol. The van der Waals surface area contributed by atoms with E-state index in [-0.39, 0.29) is 11.8 Å². The van der Waals surface area contributed by atoms with Gasteiger partial charge in [0.05, 0.1) is 10.6 Å². The van der Waals surface area contributed by atoms with Gasteiger partial charge in [-0.15, -0.1) is 18.3 Å². The molecule has 0 bridgehead atoms. The zero-order chi connectivity index (χ0) is 20.0. The average molecular weight is 417 g/mol. The van der Waals surface area contributed by atoms with Crippen molar-refractivity contribution in [1.82, 2.24) is 4.31 Å². The molecule has 1 N–H and O–H groups in total. The van der Waals surface area contributed by atoms with Gasteiger partial charge in [0.25, 0.3) is 0 Å². The van der Waals surface area contributed by atoms with Crippen LogP contribution in [-0.2, 0) is 14.8 Å². The minimum absolute atomic E-state index is 0.0524. The summed E-state index contributed by atoms with van der Waals surface area (Å²) in [7, 11) is -3.50. The Morgan fingerprint density at radius 2 is 1.75 bits per heavy atom. The molecule has 0 saturated carbocycles. The van der Waals surface area contributed by atoms with Crippen LogP contribution < -0.4 is 5.32 Å². The second-order valence-electron chi connectivity index (χ2n) is 6.58. The second-order valence-corrected chi connectivity index (χ2v) is 9.58. The van der Waals surface area contributed by atoms with Crippen LogP contribution in [0, 0.1) is 5.92 Å². The Morgan fingerprint density at radius 3 is 2.43 bits per heavy atom. The number of benzene rings is 2. The molecular formula is C21H24N2O3S2. The Kier molecular flexibility index (Phi) is 6.93. The summed E-state index contributed by atoms with van der Waals surface area (Å²) >= 11 is 1.62. The van der Waals surface area contributed by atoms with Crippen molar-refractivity contribution in [3.63, 3.8) is 0 Å². The van der Waals surface area contributed by atoms with Gasteiger partial charge >= 0.3 is 0 Å². The van der Waals surface area contributed by atoms with Crippen LogP contribution in [0.15, 0.2) is 77.0 Å². The maximum absolute atomic E-state index is 12.7. The third-order valence-corrected chi connectivity index (χ3v) is 7.69. The smallest absolute Gasteiger partial charge is 0.243 e. The number of nitrogens with one attached hydrogen (secondary N) is 1. The monoisotopic (exact) mass is 416 g/mol. The number of anilines is 1. The number of amides is 1. The van der Waals surface area contributed by atoms with Gasteiger partial charge < -0.3 is 5.32 Å². The van der Waals surface area contributed by atoms with Crippen molar-refractivity contribution in [2.45, 2.75) is 22.6 Å². The summed E-state index contributed by atoms with van der Waals surface area (Å²) < 4.78 is 26.9. The first-order chi connectivity index (χ1) is 13.5. The summed E-state index contributed by atoms with van der Waals surface area (Å²) in [5, 5.41) is 3.01. The molecule has 148 valence electrons. The van der Waals surface area contributed by atoms with Crippen LogP contribution in [0.4, 0.5) is 5.69 Å². The van der Waals surface area contributed by atoms with E-state index in [1.165, 1.54) is 4.31 Å². The Hall–Kier alpha value is -2.09. The van der Waals surface area contributed by atoms with Crippen LogP contribution in [0.1, 0.15) is 12.8 Å². The van der Waals surface area contributed by atoms with Crippen molar-refractivity contribution < 1.29 is 13.2 Å². The lowest BCUT2D eigenvalue weighted by Gasteiger charge is -2.30. The summed E-state index contributed by atoms with van der Waals surface area (Å²) in [6.45, 7) is 4.43. The predicted octanol–water partition coefficient (Wildman–Crippen LogP) is 4.00. The summed E-state index contributed by atoms with van der Waals surface area (Å²) in [5.41, 5.74) is 0.790. The summed E-state index contributed by atoms with van der Waals surface area (Å²) in [6, 6.07) is 16.1. The molecule has 0 aliphatic carbocycles. The van der Waals surface area contributed by atoms with Crippen LogP contribution in [-0.4, -0.2) is 37.5 Å². The highest BCUT2D eigenvalue weighted by Gasteiger charge is 2.32. The van der Waals surface area contributed by atoms with E-state index in [0.29, 0.717) is 30.8 Å². The number of carbonyl (C=O) groups is 1. The number of rotatable bonds is 7. The SMILES string of the molecule is C=CCSc1ccccc1NC(=O)C1CCN(S(=O)(=O)c2ccccc2)CC1. The molecule has 2 aromatic carbocycles. The number of hydrogen-bond donors (Lipinski definition) is 1. The van der Waals surface area contributed by atoms with Crippen LogP contribution in [0.3, 0.4) is 0 Å². The number of hydrogen-bond acceptors (Lipinski definition) is 4. The molecule has 1 fully saturated rings. The highest BCUT2D eigenvalue weighted by molar-refractivity contribution is 7.99. The molecule has 1 aliphatic heterocycles. The van der Waals surface area contributed by atoms with Gasteiger partial charge in [0.1, 0.15) is 0 Å². The number of carbonyl (C=O) groups excluding carboxylic acids is 1. The van der Waals surface area contributed by atoms with E-state index in [1.54, 1.807) is 42.1 Å². The first kappa shape index (κ1) is 20.6. The highest BCUT2D eigenvalue weighted by Crippen LogP contribution is 2.29. The van der Waals surface area contributed by atoms with Crippen molar-refractivity contribution in [2.24, 2.45) is 5.92 Å². The first-order valence-electron chi connectivity index (χ1n) is 9.21. The van der Waals surface area contributed by atoms with Crippen LogP contribution in [0.2, 0.25) is 0 Å². The summed E-state index contributed by atoms with van der Waals surface area (Å²) in [5.74, 6) is 0.519. The topological polar surface area (TPSA) is 66.5 Å². The fraction of sp³-hybridized carbons (Fsp3) is 0.286. The molecule has 0 spiro atoms. The molecule has 7 heteroatoms. The lowest BCUT2D eigenvalue weighted by molar-refractivity contribution is -0.120. The molecule has 3 rings (SSSR count). The maximum Gasteiger partial charge on any atom is 0.243 e. The van der Waals surface area contributed by atoms with E-state index < -0.39 is 10.0 Å². The average Bonchev–Trinajstić information content (AvgIpc) is 2.74. The summed E-state index contributed by atoms with van der Waals surface area (Å²) in [4.78, 5) is 14.0. The van der Waals surface area contributed by atoms with E-state index in [9.17, 15) is 13.2 Å². The van der Waals surface area contributed by atoms with Crippen LogP contribution in [0.5, 0.6) is 0 Å². The lowest BCUT2D eigenvalue weighted by Crippen LogP contribution is -2.41. The Balaban J connectivity index is 1.61. The molecule has 1 aliphatic rings. The van der Waals surface area contributed by atoms with Crippen molar-refractivity contribution in [1.29, 1.82) is 0 Å². The second kappa shape index (κ2) is 9.41. The minimum atomic E-state index is -3.50. The molecule has 1 amide bonds. The van der Waals surface area contributed by atoms with Crippen molar-refractivity contribution in [3.05, 3.63) is 67.3 Å². The van der Waals surface area contributed by atoms with Gasteiger partial charge in [0.15, 0.2) is 0 Å². The third-order valence-electron chi connectivity index (χ3n) is 4.71. The standard InChI is InChI=1S/C21H24N2O3S2/c1-2-16-27-20-11-7-6-10-19(20)22-21(24)17-12-14-23(15-13-17)28(25,26)18-8-4-3-5-9-18/h2-11,17H,1,12-16H2,(H,22,24). The third kappa shape index (κ3) is 4.84. The zero-order valence-electron chi connectivity index (χ0n) is 15.6. The van der Waals surface area contributed by atoms with Gasteiger partial charge in [-0.25, -0.2) is 8.42 Å². The van der Waals surface area contributed by atoms with E-state index in [0.717, 1.165) is 16.3 Å². The minimum Gasteiger partial charge on any atom is -0.325 e. The number of nitrogens with zero attached hydrogens (tertiary/aromatic N) is 1. The van der Waals surface area contributed by atoms with Gasteiger partial charge in [-0.3, -0.25) is 4.79 Å². The molecule has 0 atom stereocenters. The molecule has 28 heavy (non-hydrogen) atoms. The molecular weight excluding hydrogens is 392 g/mol. The largest absolute Gasteiger partial charge is 0.325 e. The van der Waals surface area contributed by atoms with E-state index in [4.69, 9.17) is 0 Å². The highest BCUT2D eigenvalue weighted by atomic mass is 32.2. The zero-order valence-corrected chi connectivity index (χ0v) is 17.2. The molecule has 1 saturated heterocycles. The molecule has 1 heterocycles. The van der Waals surface area contributed by atoms with Gasteiger partial charge in [0.2, 0.25) is 15.9 Å². The normalized spacial score (nSPS) is 15.9. The fourth-order valence-electron chi connectivity index (χ4n) is 3.18. The molecule has 2 aromatic rings. The molecule has 5 nitrogen and oxygen atoms in total. The van der Waals surface area contributed by atoms with Gasteiger partial charge in [-0.05, 0) is 37.1 Å². The van der Waals surface area contributed by atoms with E-state index in [1.807, 2.05) is 30.3 Å². The fourth-order valence-corrected chi connectivity index (χ4v) is 5.42. The Labute approximate surface area is 170 Å². The maximum atomic E-state index is 12.7. The van der Waals surface area contributed by atoms with Crippen molar-refractivity contribution in [2.75, 3.05) is 24.2 Å². The number of thioether (sulfide) groups is 1. The van der Waals surface area contributed by atoms with E-state index in [2.05, 4.69) is 11.9 Å². The Bertz CT molecular complexity index is 922.